The topological polar surface area (TPSA) is 92.5 Å². The summed E-state index contributed by atoms with van der Waals surface area (Å²) in [7, 11) is 0. The zero-order valence-electron chi connectivity index (χ0n) is 15.9. The first kappa shape index (κ1) is 19.1. The van der Waals surface area contributed by atoms with Crippen LogP contribution in [0.2, 0.25) is 0 Å². The number of carbonyl (C=O) groups excluding carboxylic acids is 3. The summed E-state index contributed by atoms with van der Waals surface area (Å²) in [6.07, 6.45) is 2.16. The monoisotopic (exact) mass is 395 g/mol. The predicted octanol–water partition coefficient (Wildman–Crippen LogP) is 2.69. The van der Waals surface area contributed by atoms with Crippen LogP contribution in [0.25, 0.3) is 11.1 Å². The van der Waals surface area contributed by atoms with Crippen LogP contribution in [0.5, 0.6) is 0 Å². The maximum Gasteiger partial charge on any atom is 0.247 e. The lowest BCUT2D eigenvalue weighted by Gasteiger charge is -2.27. The van der Waals surface area contributed by atoms with Crippen molar-refractivity contribution >= 4 is 23.4 Å². The van der Waals surface area contributed by atoms with Gasteiger partial charge in [-0.15, -0.1) is 0 Å². The number of anilines is 1. The first-order valence-electron chi connectivity index (χ1n) is 9.68. The van der Waals surface area contributed by atoms with Gasteiger partial charge in [-0.3, -0.25) is 14.4 Å². The van der Waals surface area contributed by atoms with Crippen LogP contribution in [0, 0.1) is 11.2 Å². The molecule has 0 radical (unpaired) electrons. The zero-order valence-corrected chi connectivity index (χ0v) is 15.9. The summed E-state index contributed by atoms with van der Waals surface area (Å²) in [5, 5.41) is 2.84. The Labute approximate surface area is 167 Å². The molecule has 6 nitrogen and oxygen atoms in total. The van der Waals surface area contributed by atoms with Crippen LogP contribution in [0.15, 0.2) is 48.5 Å². The molecule has 29 heavy (non-hydrogen) atoms. The Kier molecular flexibility index (Phi) is 4.82. The number of rotatable bonds is 5. The number of hydrogen-bond donors (Lipinski definition) is 2. The molecule has 1 unspecified atom stereocenters. The highest BCUT2D eigenvalue weighted by Gasteiger charge is 2.58. The minimum atomic E-state index is -1.12. The van der Waals surface area contributed by atoms with E-state index in [1.165, 1.54) is 17.0 Å². The zero-order chi connectivity index (χ0) is 20.6. The maximum absolute atomic E-state index is 13.4. The van der Waals surface area contributed by atoms with Crippen LogP contribution in [-0.4, -0.2) is 35.2 Å². The van der Waals surface area contributed by atoms with E-state index < -0.39 is 17.4 Å². The van der Waals surface area contributed by atoms with E-state index in [0.717, 1.165) is 11.1 Å². The first-order chi connectivity index (χ1) is 13.9. The minimum Gasteiger partial charge on any atom is -0.369 e. The van der Waals surface area contributed by atoms with E-state index in [2.05, 4.69) is 5.32 Å². The second-order valence-electron chi connectivity index (χ2n) is 7.68. The van der Waals surface area contributed by atoms with Gasteiger partial charge >= 0.3 is 0 Å². The van der Waals surface area contributed by atoms with E-state index in [9.17, 15) is 18.8 Å². The van der Waals surface area contributed by atoms with Gasteiger partial charge in [0, 0.05) is 12.2 Å². The van der Waals surface area contributed by atoms with Gasteiger partial charge in [0.1, 0.15) is 17.3 Å². The number of amides is 3. The minimum absolute atomic E-state index is 0.283. The highest BCUT2D eigenvalue weighted by molar-refractivity contribution is 6.09. The molecular weight excluding hydrogens is 373 g/mol. The summed E-state index contributed by atoms with van der Waals surface area (Å²) in [6, 6.07) is 12.8. The lowest BCUT2D eigenvalue weighted by molar-refractivity contribution is -0.146. The van der Waals surface area contributed by atoms with Crippen molar-refractivity contribution in [3.63, 3.8) is 0 Å². The molecule has 2 fully saturated rings. The van der Waals surface area contributed by atoms with Crippen LogP contribution < -0.4 is 11.1 Å². The quantitative estimate of drug-likeness (QED) is 0.763. The summed E-state index contributed by atoms with van der Waals surface area (Å²) >= 11 is 0. The Morgan fingerprint density at radius 1 is 1.07 bits per heavy atom. The van der Waals surface area contributed by atoms with Gasteiger partial charge in [-0.1, -0.05) is 24.3 Å². The Morgan fingerprint density at radius 3 is 2.41 bits per heavy atom. The molecule has 1 aliphatic carbocycles. The summed E-state index contributed by atoms with van der Waals surface area (Å²) < 4.78 is 13.4. The van der Waals surface area contributed by atoms with Crippen molar-refractivity contribution in [1.82, 2.24) is 4.90 Å². The van der Waals surface area contributed by atoms with Gasteiger partial charge in [-0.2, -0.15) is 0 Å². The van der Waals surface area contributed by atoms with Gasteiger partial charge in [-0.05, 0) is 61.1 Å². The number of carbonyl (C=O) groups is 3. The number of halogens is 1. The lowest BCUT2D eigenvalue weighted by Crippen LogP contribution is -2.49. The third-order valence-electron chi connectivity index (χ3n) is 5.76. The molecule has 2 aromatic rings. The standard InChI is InChI=1S/C22H22FN3O3/c23-16-4-1-3-15(13-16)14-6-8-17(9-7-14)25-19(27)18-5-2-12-26(18)21(29)22(10-11-22)20(24)28/h1,3-4,6-9,13,18H,2,5,10-12H2,(H2,24,28)(H,25,27). The fourth-order valence-electron chi connectivity index (χ4n) is 3.89. The van der Waals surface area contributed by atoms with Crippen molar-refractivity contribution in [3.05, 3.63) is 54.3 Å². The molecule has 1 saturated carbocycles. The van der Waals surface area contributed by atoms with Crippen molar-refractivity contribution < 1.29 is 18.8 Å². The maximum atomic E-state index is 13.4. The number of hydrogen-bond acceptors (Lipinski definition) is 3. The summed E-state index contributed by atoms with van der Waals surface area (Å²) in [6.45, 7) is 0.449. The number of nitrogens with one attached hydrogen (secondary N) is 1. The van der Waals surface area contributed by atoms with Crippen LogP contribution >= 0.6 is 0 Å². The number of primary amides is 1. The molecule has 1 heterocycles. The van der Waals surface area contributed by atoms with E-state index >= 15 is 0 Å². The molecule has 7 heteroatoms. The molecule has 1 saturated heterocycles. The van der Waals surface area contributed by atoms with Gasteiger partial charge in [0.2, 0.25) is 17.7 Å². The molecule has 2 aromatic carbocycles. The molecule has 3 amide bonds. The first-order valence-corrected chi connectivity index (χ1v) is 9.68. The Balaban J connectivity index is 1.45. The molecule has 0 bridgehead atoms. The van der Waals surface area contributed by atoms with Crippen LogP contribution in [-0.2, 0) is 14.4 Å². The van der Waals surface area contributed by atoms with E-state index in [1.54, 1.807) is 30.3 Å². The van der Waals surface area contributed by atoms with Crippen molar-refractivity contribution in [2.75, 3.05) is 11.9 Å². The van der Waals surface area contributed by atoms with Crippen LogP contribution in [0.3, 0.4) is 0 Å². The summed E-state index contributed by atoms with van der Waals surface area (Å²) in [4.78, 5) is 38.7. The molecule has 0 aromatic heterocycles. The number of likely N-dealkylation sites (tertiary alicyclic amines) is 1. The van der Waals surface area contributed by atoms with Gasteiger partial charge in [0.05, 0.1) is 0 Å². The largest absolute Gasteiger partial charge is 0.369 e. The molecule has 2 aliphatic rings. The van der Waals surface area contributed by atoms with Gasteiger partial charge in [0.25, 0.3) is 0 Å². The number of benzene rings is 2. The van der Waals surface area contributed by atoms with Crippen LogP contribution in [0.4, 0.5) is 10.1 Å². The van der Waals surface area contributed by atoms with Crippen molar-refractivity contribution in [1.29, 1.82) is 0 Å². The second kappa shape index (κ2) is 7.31. The van der Waals surface area contributed by atoms with Gasteiger partial charge in [-0.25, -0.2) is 4.39 Å². The average molecular weight is 395 g/mol. The highest BCUT2D eigenvalue weighted by atomic mass is 19.1. The highest BCUT2D eigenvalue weighted by Crippen LogP contribution is 2.48. The third kappa shape index (κ3) is 3.60. The average Bonchev–Trinajstić information content (AvgIpc) is 3.38. The molecule has 3 N–H and O–H groups in total. The molecular formula is C22H22FN3O3. The van der Waals surface area contributed by atoms with Crippen LogP contribution in [0.1, 0.15) is 25.7 Å². The Hall–Kier alpha value is -3.22. The molecule has 4 rings (SSSR count). The second-order valence-corrected chi connectivity index (χ2v) is 7.68. The Bertz CT molecular complexity index is 970. The summed E-state index contributed by atoms with van der Waals surface area (Å²) in [5.74, 6) is -1.53. The van der Waals surface area contributed by atoms with E-state index in [4.69, 9.17) is 5.73 Å². The number of nitrogens with two attached hydrogens (primary N) is 1. The number of nitrogens with zero attached hydrogens (tertiary/aromatic N) is 1. The van der Waals surface area contributed by atoms with Gasteiger partial charge in [0.15, 0.2) is 0 Å². The Morgan fingerprint density at radius 2 is 1.79 bits per heavy atom. The predicted molar refractivity (Wildman–Crippen MR) is 106 cm³/mol. The fraction of sp³-hybridized carbons (Fsp3) is 0.318. The molecule has 1 atom stereocenters. The normalized spacial score (nSPS) is 19.6. The molecule has 0 spiro atoms. The lowest BCUT2D eigenvalue weighted by atomic mass is 10.0. The van der Waals surface area contributed by atoms with Crippen molar-refractivity contribution in [3.8, 4) is 11.1 Å². The van der Waals surface area contributed by atoms with E-state index in [0.29, 0.717) is 37.9 Å². The SMILES string of the molecule is NC(=O)C1(C(=O)N2CCCC2C(=O)Nc2ccc(-c3cccc(F)c3)cc2)CC1. The fourth-order valence-corrected chi connectivity index (χ4v) is 3.89. The van der Waals surface area contributed by atoms with Crippen molar-refractivity contribution in [2.45, 2.75) is 31.7 Å². The van der Waals surface area contributed by atoms with E-state index in [1.807, 2.05) is 6.07 Å². The van der Waals surface area contributed by atoms with Crippen molar-refractivity contribution in [2.24, 2.45) is 11.1 Å². The van der Waals surface area contributed by atoms with E-state index in [-0.39, 0.29) is 17.6 Å². The molecule has 150 valence electrons. The third-order valence-corrected chi connectivity index (χ3v) is 5.76. The summed E-state index contributed by atoms with van der Waals surface area (Å²) in [5.41, 5.74) is 6.46. The molecule has 1 aliphatic heterocycles. The van der Waals surface area contributed by atoms with Gasteiger partial charge < -0.3 is 16.0 Å². The smallest absolute Gasteiger partial charge is 0.247 e.